The van der Waals surface area contributed by atoms with Crippen molar-refractivity contribution in [3.63, 3.8) is 0 Å². The van der Waals surface area contributed by atoms with Gasteiger partial charge in [-0.15, -0.1) is 0 Å². The van der Waals surface area contributed by atoms with Crippen LogP contribution in [-0.2, 0) is 13.0 Å². The van der Waals surface area contributed by atoms with E-state index in [9.17, 15) is 4.79 Å². The summed E-state index contributed by atoms with van der Waals surface area (Å²) in [4.78, 5) is 16.8. The van der Waals surface area contributed by atoms with Gasteiger partial charge in [-0.3, -0.25) is 9.78 Å². The Balaban J connectivity index is 1.11. The number of nitrogens with one attached hydrogen (secondary N) is 2. The van der Waals surface area contributed by atoms with E-state index in [1.807, 2.05) is 30.3 Å². The number of amides is 1. The molecular weight excluding hydrogens is 382 g/mol. The van der Waals surface area contributed by atoms with Crippen LogP contribution in [0.4, 0.5) is 0 Å². The highest BCUT2D eigenvalue weighted by atomic mass is 16.1. The van der Waals surface area contributed by atoms with E-state index in [0.29, 0.717) is 18.2 Å². The number of para-hydroxylation sites is 1. The third-order valence-corrected chi connectivity index (χ3v) is 6.29. The molecule has 2 N–H and O–H groups in total. The van der Waals surface area contributed by atoms with Crippen molar-refractivity contribution in [1.29, 1.82) is 0 Å². The monoisotopic (exact) mass is 409 g/mol. The number of rotatable bonds is 6. The van der Waals surface area contributed by atoms with E-state index in [4.69, 9.17) is 0 Å². The van der Waals surface area contributed by atoms with Crippen molar-refractivity contribution >= 4 is 27.6 Å². The van der Waals surface area contributed by atoms with Gasteiger partial charge in [-0.05, 0) is 53.3 Å². The second kappa shape index (κ2) is 8.86. The van der Waals surface area contributed by atoms with Gasteiger partial charge in [0.1, 0.15) is 0 Å². The lowest BCUT2D eigenvalue weighted by Crippen LogP contribution is -2.35. The minimum Gasteiger partial charge on any atom is -0.352 e. The van der Waals surface area contributed by atoms with Gasteiger partial charge in [0, 0.05) is 30.7 Å². The molecule has 1 aromatic heterocycles. The summed E-state index contributed by atoms with van der Waals surface area (Å²) in [6.07, 6.45) is 5.93. The highest BCUT2D eigenvalue weighted by Crippen LogP contribution is 2.27. The van der Waals surface area contributed by atoms with Crippen molar-refractivity contribution < 1.29 is 4.79 Å². The second-order valence-corrected chi connectivity index (χ2v) is 8.37. The first kappa shape index (κ1) is 19.7. The van der Waals surface area contributed by atoms with Crippen molar-refractivity contribution in [2.75, 3.05) is 6.54 Å². The van der Waals surface area contributed by atoms with Crippen LogP contribution in [0.1, 0.15) is 40.7 Å². The van der Waals surface area contributed by atoms with Crippen LogP contribution in [-0.4, -0.2) is 23.5 Å². The van der Waals surface area contributed by atoms with Gasteiger partial charge < -0.3 is 10.6 Å². The van der Waals surface area contributed by atoms with Gasteiger partial charge in [-0.2, -0.15) is 0 Å². The topological polar surface area (TPSA) is 54.0 Å². The number of unbranched alkanes of at least 4 members (excludes halogenated alkanes) is 1. The second-order valence-electron chi connectivity index (χ2n) is 8.37. The van der Waals surface area contributed by atoms with Crippen LogP contribution in [0.5, 0.6) is 0 Å². The van der Waals surface area contributed by atoms with E-state index >= 15 is 0 Å². The molecule has 4 aromatic rings. The molecular formula is C27H27N3O. The molecule has 31 heavy (non-hydrogen) atoms. The lowest BCUT2D eigenvalue weighted by molar-refractivity contribution is 0.0952. The van der Waals surface area contributed by atoms with Crippen LogP contribution in [0.25, 0.3) is 21.7 Å². The summed E-state index contributed by atoms with van der Waals surface area (Å²) < 4.78 is 0. The van der Waals surface area contributed by atoms with E-state index in [1.165, 1.54) is 21.9 Å². The zero-order chi connectivity index (χ0) is 21.0. The molecule has 1 aliphatic heterocycles. The molecule has 1 aliphatic rings. The Kier molecular flexibility index (Phi) is 5.63. The Labute approximate surface area is 182 Å². The van der Waals surface area contributed by atoms with Crippen molar-refractivity contribution in [1.82, 2.24) is 15.6 Å². The van der Waals surface area contributed by atoms with Gasteiger partial charge in [0.25, 0.3) is 5.91 Å². The summed E-state index contributed by atoms with van der Waals surface area (Å²) in [6.45, 7) is 1.63. The first-order chi connectivity index (χ1) is 15.3. The number of benzene rings is 3. The van der Waals surface area contributed by atoms with E-state index in [-0.39, 0.29) is 5.91 Å². The molecule has 4 heteroatoms. The Morgan fingerprint density at radius 2 is 1.84 bits per heavy atom. The fourth-order valence-electron chi connectivity index (χ4n) is 4.58. The standard InChI is InChI=1S/C27H27N3O/c31-27(22-15-20-8-2-4-11-26(20)30-18-22)28-14-6-5-9-23-16-25-21(17-29-23)13-12-19-7-1-3-10-24(19)25/h1-4,7-8,10-13,15,18,23,29H,5-6,9,14,16-17H2,(H,28,31). The normalized spacial score (nSPS) is 15.7. The summed E-state index contributed by atoms with van der Waals surface area (Å²) in [5.41, 5.74) is 4.45. The van der Waals surface area contributed by atoms with Crippen LogP contribution in [0.2, 0.25) is 0 Å². The Morgan fingerprint density at radius 3 is 2.77 bits per heavy atom. The summed E-state index contributed by atoms with van der Waals surface area (Å²) in [5.74, 6) is -0.0468. The van der Waals surface area contributed by atoms with Crippen LogP contribution in [0, 0.1) is 0 Å². The van der Waals surface area contributed by atoms with Crippen molar-refractivity contribution in [2.45, 2.75) is 38.3 Å². The van der Waals surface area contributed by atoms with E-state index in [2.05, 4.69) is 52.0 Å². The highest BCUT2D eigenvalue weighted by Gasteiger charge is 2.19. The fourth-order valence-corrected chi connectivity index (χ4v) is 4.58. The zero-order valence-corrected chi connectivity index (χ0v) is 17.6. The number of carbonyl (C=O) groups is 1. The quantitative estimate of drug-likeness (QED) is 0.441. The Bertz CT molecular complexity index is 1230. The average Bonchev–Trinajstić information content (AvgIpc) is 2.83. The number of fused-ring (bicyclic) bond motifs is 4. The molecule has 0 fully saturated rings. The minimum absolute atomic E-state index is 0.0468. The number of hydrogen-bond acceptors (Lipinski definition) is 3. The van der Waals surface area contributed by atoms with E-state index < -0.39 is 0 Å². The molecule has 0 aliphatic carbocycles. The van der Waals surface area contributed by atoms with Gasteiger partial charge in [-0.1, -0.05) is 61.0 Å². The minimum atomic E-state index is -0.0468. The number of pyridine rings is 1. The van der Waals surface area contributed by atoms with Crippen LogP contribution in [0.15, 0.2) is 72.9 Å². The smallest absolute Gasteiger partial charge is 0.252 e. The number of hydrogen-bond donors (Lipinski definition) is 2. The van der Waals surface area contributed by atoms with Crippen LogP contribution in [0.3, 0.4) is 0 Å². The van der Waals surface area contributed by atoms with Crippen LogP contribution >= 0.6 is 0 Å². The molecule has 2 heterocycles. The van der Waals surface area contributed by atoms with Crippen molar-refractivity contribution in [3.8, 4) is 0 Å². The van der Waals surface area contributed by atoms with Gasteiger partial charge >= 0.3 is 0 Å². The third kappa shape index (κ3) is 4.30. The predicted molar refractivity (Wildman–Crippen MR) is 126 cm³/mol. The molecule has 1 unspecified atom stereocenters. The van der Waals surface area contributed by atoms with Crippen molar-refractivity contribution in [2.24, 2.45) is 0 Å². The molecule has 0 radical (unpaired) electrons. The molecule has 0 saturated heterocycles. The molecule has 1 atom stereocenters. The Hall–Kier alpha value is -3.24. The molecule has 156 valence electrons. The van der Waals surface area contributed by atoms with Gasteiger partial charge in [-0.25, -0.2) is 0 Å². The molecule has 3 aromatic carbocycles. The van der Waals surface area contributed by atoms with E-state index in [0.717, 1.165) is 43.1 Å². The lowest BCUT2D eigenvalue weighted by Gasteiger charge is -2.27. The summed E-state index contributed by atoms with van der Waals surface area (Å²) in [6, 6.07) is 23.4. The predicted octanol–water partition coefficient (Wildman–Crippen LogP) is 5.00. The van der Waals surface area contributed by atoms with Gasteiger partial charge in [0.15, 0.2) is 0 Å². The fraction of sp³-hybridized carbons (Fsp3) is 0.259. The lowest BCUT2D eigenvalue weighted by atomic mass is 9.89. The molecule has 0 saturated carbocycles. The highest BCUT2D eigenvalue weighted by molar-refractivity contribution is 5.97. The maximum absolute atomic E-state index is 12.5. The molecule has 4 nitrogen and oxygen atoms in total. The molecule has 1 amide bonds. The third-order valence-electron chi connectivity index (χ3n) is 6.29. The maximum atomic E-state index is 12.5. The average molecular weight is 410 g/mol. The Morgan fingerprint density at radius 1 is 1.00 bits per heavy atom. The van der Waals surface area contributed by atoms with Gasteiger partial charge in [0.05, 0.1) is 11.1 Å². The number of nitrogens with zero attached hydrogens (tertiary/aromatic N) is 1. The first-order valence-corrected chi connectivity index (χ1v) is 11.1. The van der Waals surface area contributed by atoms with Crippen LogP contribution < -0.4 is 10.6 Å². The maximum Gasteiger partial charge on any atom is 0.252 e. The largest absolute Gasteiger partial charge is 0.352 e. The summed E-state index contributed by atoms with van der Waals surface area (Å²) in [7, 11) is 0. The molecule has 0 bridgehead atoms. The summed E-state index contributed by atoms with van der Waals surface area (Å²) >= 11 is 0. The SMILES string of the molecule is O=C(NCCCCC1Cc2c(ccc3ccccc23)CN1)c1cnc2ccccc2c1. The number of aromatic nitrogens is 1. The van der Waals surface area contributed by atoms with Crippen molar-refractivity contribution in [3.05, 3.63) is 89.6 Å². The molecule has 5 rings (SSSR count). The van der Waals surface area contributed by atoms with Gasteiger partial charge in [0.2, 0.25) is 0 Å². The molecule has 0 spiro atoms. The van der Waals surface area contributed by atoms with E-state index in [1.54, 1.807) is 6.20 Å². The summed E-state index contributed by atoms with van der Waals surface area (Å²) in [5, 5.41) is 10.4. The zero-order valence-electron chi connectivity index (χ0n) is 17.6. The first-order valence-electron chi connectivity index (χ1n) is 11.1. The number of carbonyl (C=O) groups excluding carboxylic acids is 1.